The van der Waals surface area contributed by atoms with E-state index in [1.54, 1.807) is 37.6 Å². The van der Waals surface area contributed by atoms with Crippen LogP contribution in [-0.2, 0) is 6.54 Å². The Morgan fingerprint density at radius 1 is 1.22 bits per heavy atom. The average Bonchev–Trinajstić information content (AvgIpc) is 2.88. The Bertz CT molecular complexity index is 516. The van der Waals surface area contributed by atoms with Crippen molar-refractivity contribution in [2.24, 2.45) is 0 Å². The van der Waals surface area contributed by atoms with Crippen molar-refractivity contribution >= 4 is 11.6 Å². The highest BCUT2D eigenvalue weighted by atomic mass is 35.5. The predicted octanol–water partition coefficient (Wildman–Crippen LogP) is 1.69. The molecule has 7 heteroatoms. The van der Waals surface area contributed by atoms with Crippen molar-refractivity contribution in [3.63, 3.8) is 0 Å². The summed E-state index contributed by atoms with van der Waals surface area (Å²) in [5.74, 6) is 1.26. The molecule has 0 radical (unpaired) electrons. The van der Waals surface area contributed by atoms with Crippen molar-refractivity contribution in [2.45, 2.75) is 6.54 Å². The molecule has 0 saturated carbocycles. The second-order valence-corrected chi connectivity index (χ2v) is 3.94. The SMILES string of the molecule is COc1cc(Cl)cc(CNn2cnnc2)c1OC. The number of benzene rings is 1. The number of halogens is 1. The Balaban J connectivity index is 2.23. The monoisotopic (exact) mass is 268 g/mol. The van der Waals surface area contributed by atoms with Gasteiger partial charge in [-0.2, -0.15) is 0 Å². The number of aromatic nitrogens is 3. The van der Waals surface area contributed by atoms with Crippen molar-refractivity contribution in [2.75, 3.05) is 19.6 Å². The van der Waals surface area contributed by atoms with Gasteiger partial charge < -0.3 is 14.9 Å². The van der Waals surface area contributed by atoms with Crippen LogP contribution in [0.25, 0.3) is 0 Å². The first-order valence-electron chi connectivity index (χ1n) is 5.23. The number of nitrogens with zero attached hydrogens (tertiary/aromatic N) is 3. The number of nitrogens with one attached hydrogen (secondary N) is 1. The Labute approximate surface area is 109 Å². The van der Waals surface area contributed by atoms with E-state index in [0.717, 1.165) is 5.56 Å². The lowest BCUT2D eigenvalue weighted by atomic mass is 10.2. The molecule has 0 aliphatic carbocycles. The van der Waals surface area contributed by atoms with Gasteiger partial charge in [0.25, 0.3) is 0 Å². The molecule has 0 saturated heterocycles. The van der Waals surface area contributed by atoms with Crippen LogP contribution < -0.4 is 14.9 Å². The summed E-state index contributed by atoms with van der Waals surface area (Å²) in [5, 5.41) is 7.98. The predicted molar refractivity (Wildman–Crippen MR) is 67.6 cm³/mol. The van der Waals surface area contributed by atoms with E-state index in [0.29, 0.717) is 23.1 Å². The first-order valence-corrected chi connectivity index (χ1v) is 5.61. The number of hydrogen-bond donors (Lipinski definition) is 1. The second-order valence-electron chi connectivity index (χ2n) is 3.50. The molecule has 2 aromatic rings. The van der Waals surface area contributed by atoms with Crippen LogP contribution in [0.5, 0.6) is 11.5 Å². The molecule has 0 spiro atoms. The largest absolute Gasteiger partial charge is 0.493 e. The molecular formula is C11H13ClN4O2. The summed E-state index contributed by atoms with van der Waals surface area (Å²) >= 11 is 6.02. The van der Waals surface area contributed by atoms with Crippen LogP contribution in [0.2, 0.25) is 5.02 Å². The lowest BCUT2D eigenvalue weighted by Gasteiger charge is -2.14. The molecule has 1 aromatic heterocycles. The normalized spacial score (nSPS) is 10.2. The average molecular weight is 269 g/mol. The summed E-state index contributed by atoms with van der Waals surface area (Å²) in [4.78, 5) is 0. The van der Waals surface area contributed by atoms with E-state index in [1.807, 2.05) is 6.07 Å². The number of methoxy groups -OCH3 is 2. The molecule has 0 aliphatic heterocycles. The fourth-order valence-corrected chi connectivity index (χ4v) is 1.83. The highest BCUT2D eigenvalue weighted by molar-refractivity contribution is 6.30. The van der Waals surface area contributed by atoms with Gasteiger partial charge in [-0.25, -0.2) is 4.68 Å². The maximum absolute atomic E-state index is 6.02. The lowest BCUT2D eigenvalue weighted by molar-refractivity contribution is 0.352. The Hall–Kier alpha value is -1.95. The van der Waals surface area contributed by atoms with Crippen LogP contribution >= 0.6 is 11.6 Å². The minimum Gasteiger partial charge on any atom is -0.493 e. The van der Waals surface area contributed by atoms with E-state index >= 15 is 0 Å². The van der Waals surface area contributed by atoms with Gasteiger partial charge >= 0.3 is 0 Å². The summed E-state index contributed by atoms with van der Waals surface area (Å²) in [6.45, 7) is 0.512. The van der Waals surface area contributed by atoms with Crippen molar-refractivity contribution in [3.8, 4) is 11.5 Å². The fraction of sp³-hybridized carbons (Fsp3) is 0.273. The van der Waals surface area contributed by atoms with Crippen LogP contribution in [-0.4, -0.2) is 29.1 Å². The van der Waals surface area contributed by atoms with Gasteiger partial charge in [-0.3, -0.25) is 0 Å². The van der Waals surface area contributed by atoms with Crippen molar-refractivity contribution in [1.29, 1.82) is 0 Å². The molecule has 0 fully saturated rings. The Morgan fingerprint density at radius 3 is 2.56 bits per heavy atom. The molecule has 1 aromatic carbocycles. The maximum Gasteiger partial charge on any atom is 0.165 e. The van der Waals surface area contributed by atoms with Gasteiger partial charge in [0.05, 0.1) is 20.8 Å². The van der Waals surface area contributed by atoms with Gasteiger partial charge in [0.2, 0.25) is 0 Å². The van der Waals surface area contributed by atoms with Crippen LogP contribution in [0.4, 0.5) is 0 Å². The van der Waals surface area contributed by atoms with E-state index in [4.69, 9.17) is 21.1 Å². The summed E-state index contributed by atoms with van der Waals surface area (Å²) in [7, 11) is 3.17. The minimum absolute atomic E-state index is 0.512. The molecule has 1 heterocycles. The fourth-order valence-electron chi connectivity index (χ4n) is 1.60. The van der Waals surface area contributed by atoms with Gasteiger partial charge in [0.1, 0.15) is 12.7 Å². The van der Waals surface area contributed by atoms with E-state index < -0.39 is 0 Å². The minimum atomic E-state index is 0.512. The molecule has 2 rings (SSSR count). The van der Waals surface area contributed by atoms with E-state index in [1.165, 1.54) is 0 Å². The summed E-state index contributed by atoms with van der Waals surface area (Å²) in [6, 6.07) is 3.53. The first kappa shape index (κ1) is 12.5. The molecule has 0 amide bonds. The van der Waals surface area contributed by atoms with Crippen LogP contribution in [0.1, 0.15) is 5.56 Å². The number of ether oxygens (including phenoxy) is 2. The molecule has 1 N–H and O–H groups in total. The zero-order chi connectivity index (χ0) is 13.0. The maximum atomic E-state index is 6.02. The van der Waals surface area contributed by atoms with E-state index in [2.05, 4.69) is 15.6 Å². The van der Waals surface area contributed by atoms with Gasteiger partial charge in [0, 0.05) is 16.7 Å². The van der Waals surface area contributed by atoms with Crippen molar-refractivity contribution in [1.82, 2.24) is 14.9 Å². The van der Waals surface area contributed by atoms with Crippen LogP contribution in [0.15, 0.2) is 24.8 Å². The molecule has 18 heavy (non-hydrogen) atoms. The highest BCUT2D eigenvalue weighted by Gasteiger charge is 2.11. The molecular weight excluding hydrogens is 256 g/mol. The quantitative estimate of drug-likeness (QED) is 0.894. The third-order valence-electron chi connectivity index (χ3n) is 2.39. The number of hydrogen-bond acceptors (Lipinski definition) is 5. The molecule has 6 nitrogen and oxygen atoms in total. The standard InChI is InChI=1S/C11H13ClN4O2/c1-17-10-4-9(12)3-8(11(10)18-2)5-15-16-6-13-14-7-16/h3-4,6-7,15H,5H2,1-2H3. The lowest BCUT2D eigenvalue weighted by Crippen LogP contribution is -2.13. The molecule has 0 atom stereocenters. The highest BCUT2D eigenvalue weighted by Crippen LogP contribution is 2.34. The number of rotatable bonds is 5. The van der Waals surface area contributed by atoms with Crippen molar-refractivity contribution < 1.29 is 9.47 Å². The zero-order valence-electron chi connectivity index (χ0n) is 10.1. The summed E-state index contributed by atoms with van der Waals surface area (Å²) in [6.07, 6.45) is 3.13. The topological polar surface area (TPSA) is 61.2 Å². The Morgan fingerprint density at radius 2 is 1.94 bits per heavy atom. The first-order chi connectivity index (χ1) is 8.74. The van der Waals surface area contributed by atoms with Crippen LogP contribution in [0, 0.1) is 0 Å². The van der Waals surface area contributed by atoms with Gasteiger partial charge in [0.15, 0.2) is 11.5 Å². The smallest absolute Gasteiger partial charge is 0.165 e. The molecule has 0 bridgehead atoms. The van der Waals surface area contributed by atoms with Gasteiger partial charge in [-0.15, -0.1) is 10.2 Å². The molecule has 96 valence electrons. The van der Waals surface area contributed by atoms with Crippen molar-refractivity contribution in [3.05, 3.63) is 35.4 Å². The van der Waals surface area contributed by atoms with Crippen LogP contribution in [0.3, 0.4) is 0 Å². The molecule has 0 unspecified atom stereocenters. The van der Waals surface area contributed by atoms with E-state index in [9.17, 15) is 0 Å². The van der Waals surface area contributed by atoms with E-state index in [-0.39, 0.29) is 0 Å². The third-order valence-corrected chi connectivity index (χ3v) is 2.61. The summed E-state index contributed by atoms with van der Waals surface area (Å²) < 4.78 is 12.2. The second kappa shape index (κ2) is 5.59. The third kappa shape index (κ3) is 2.65. The Kier molecular flexibility index (Phi) is 3.88. The van der Waals surface area contributed by atoms with Gasteiger partial charge in [-0.1, -0.05) is 11.6 Å². The van der Waals surface area contributed by atoms with Gasteiger partial charge in [-0.05, 0) is 6.07 Å². The summed E-state index contributed by atoms with van der Waals surface area (Å²) in [5.41, 5.74) is 3.98. The molecule has 0 aliphatic rings. The zero-order valence-corrected chi connectivity index (χ0v) is 10.8.